The van der Waals surface area contributed by atoms with Crippen molar-refractivity contribution in [3.05, 3.63) is 82.4 Å². The van der Waals surface area contributed by atoms with Gasteiger partial charge in [0.2, 0.25) is 10.0 Å². The highest BCUT2D eigenvalue weighted by Crippen LogP contribution is 2.38. The first-order valence-electron chi connectivity index (χ1n) is 9.47. The zero-order valence-corrected chi connectivity index (χ0v) is 17.9. The van der Waals surface area contributed by atoms with Gasteiger partial charge in [-0.25, -0.2) is 12.7 Å². The van der Waals surface area contributed by atoms with E-state index in [9.17, 15) is 23.1 Å². The Morgan fingerprint density at radius 1 is 0.871 bits per heavy atom. The Morgan fingerprint density at radius 3 is 2.10 bits per heavy atom. The van der Waals surface area contributed by atoms with Crippen LogP contribution in [0, 0.1) is 6.92 Å². The molecule has 3 aromatic carbocycles. The van der Waals surface area contributed by atoms with Crippen LogP contribution in [0.4, 0.5) is 11.4 Å². The summed E-state index contributed by atoms with van der Waals surface area (Å²) in [6.45, 7) is 1.70. The Kier molecular flexibility index (Phi) is 4.91. The van der Waals surface area contributed by atoms with Crippen molar-refractivity contribution in [2.24, 2.45) is 0 Å². The first-order chi connectivity index (χ1) is 14.6. The second kappa shape index (κ2) is 7.33. The van der Waals surface area contributed by atoms with Crippen LogP contribution < -0.4 is 5.32 Å². The van der Waals surface area contributed by atoms with E-state index in [1.54, 1.807) is 43.3 Å². The third-order valence-electron chi connectivity index (χ3n) is 5.28. The van der Waals surface area contributed by atoms with Crippen molar-refractivity contribution in [1.82, 2.24) is 4.31 Å². The molecule has 0 fully saturated rings. The Balaban J connectivity index is 1.84. The number of fused-ring (bicyclic) bond motifs is 2. The normalized spacial score (nSPS) is 13.2. The molecule has 0 unspecified atom stereocenters. The van der Waals surface area contributed by atoms with Crippen molar-refractivity contribution < 1.29 is 23.1 Å². The van der Waals surface area contributed by atoms with E-state index >= 15 is 0 Å². The minimum atomic E-state index is -3.67. The quantitative estimate of drug-likeness (QED) is 0.475. The smallest absolute Gasteiger partial charge is 0.242 e. The molecular weight excluding hydrogens is 416 g/mol. The number of aryl methyl sites for hydroxylation is 1. The molecule has 158 valence electrons. The molecule has 0 bridgehead atoms. The molecule has 0 heterocycles. The van der Waals surface area contributed by atoms with E-state index in [1.165, 1.54) is 32.3 Å². The van der Waals surface area contributed by atoms with E-state index in [0.29, 0.717) is 16.9 Å². The topological polar surface area (TPSA) is 104 Å². The Hall–Kier alpha value is -3.49. The molecule has 4 rings (SSSR count). The number of phenols is 1. The van der Waals surface area contributed by atoms with Crippen molar-refractivity contribution in [3.63, 3.8) is 0 Å². The third kappa shape index (κ3) is 3.30. The molecule has 1 aliphatic rings. The number of anilines is 2. The summed E-state index contributed by atoms with van der Waals surface area (Å²) in [5, 5.41) is 13.4. The summed E-state index contributed by atoms with van der Waals surface area (Å²) in [5.74, 6) is -1.11. The molecule has 0 radical (unpaired) electrons. The molecule has 0 aromatic heterocycles. The highest BCUT2D eigenvalue weighted by atomic mass is 32.2. The van der Waals surface area contributed by atoms with E-state index in [-0.39, 0.29) is 32.9 Å². The van der Waals surface area contributed by atoms with Gasteiger partial charge in [-0.2, -0.15) is 0 Å². The van der Waals surface area contributed by atoms with Gasteiger partial charge in [0, 0.05) is 30.9 Å². The number of hydrogen-bond acceptors (Lipinski definition) is 6. The van der Waals surface area contributed by atoms with Gasteiger partial charge < -0.3 is 10.4 Å². The van der Waals surface area contributed by atoms with Gasteiger partial charge >= 0.3 is 0 Å². The number of ketones is 2. The van der Waals surface area contributed by atoms with E-state index in [4.69, 9.17) is 0 Å². The number of benzene rings is 3. The lowest BCUT2D eigenvalue weighted by atomic mass is 9.82. The van der Waals surface area contributed by atoms with Gasteiger partial charge in [0.25, 0.3) is 0 Å². The number of phenolic OH excluding ortho intramolecular Hbond substituents is 1. The van der Waals surface area contributed by atoms with Crippen LogP contribution in [0.25, 0.3) is 0 Å². The van der Waals surface area contributed by atoms with Crippen molar-refractivity contribution in [3.8, 4) is 5.75 Å². The Morgan fingerprint density at radius 2 is 1.48 bits per heavy atom. The molecule has 31 heavy (non-hydrogen) atoms. The van der Waals surface area contributed by atoms with E-state index in [0.717, 1.165) is 4.31 Å². The van der Waals surface area contributed by atoms with Crippen LogP contribution in [0.3, 0.4) is 0 Å². The minimum absolute atomic E-state index is 0.0568. The van der Waals surface area contributed by atoms with Crippen LogP contribution in [-0.4, -0.2) is 43.5 Å². The number of nitrogens with one attached hydrogen (secondary N) is 1. The standard InChI is InChI=1S/C23H20N2O5S/c1-13-8-9-14(12-19(13)31(29,30)25(2)3)24-17-10-11-18(26)21-20(17)22(27)15-6-4-5-7-16(15)23(21)28/h4-12,24,26H,1-3H3. The van der Waals surface area contributed by atoms with Crippen molar-refractivity contribution in [2.45, 2.75) is 11.8 Å². The summed E-state index contributed by atoms with van der Waals surface area (Å²) >= 11 is 0. The molecule has 1 aliphatic carbocycles. The summed E-state index contributed by atoms with van der Waals surface area (Å²) in [7, 11) is -0.771. The van der Waals surface area contributed by atoms with Gasteiger partial charge in [-0.05, 0) is 36.8 Å². The fraction of sp³-hybridized carbons (Fsp3) is 0.130. The zero-order valence-electron chi connectivity index (χ0n) is 17.1. The van der Waals surface area contributed by atoms with Crippen molar-refractivity contribution in [2.75, 3.05) is 19.4 Å². The average molecular weight is 436 g/mol. The van der Waals surface area contributed by atoms with Crippen LogP contribution in [-0.2, 0) is 10.0 Å². The van der Waals surface area contributed by atoms with Crippen LogP contribution in [0.2, 0.25) is 0 Å². The number of sulfonamides is 1. The van der Waals surface area contributed by atoms with Crippen LogP contribution in [0.1, 0.15) is 37.4 Å². The molecule has 8 heteroatoms. The molecule has 0 saturated heterocycles. The molecule has 3 aromatic rings. The summed E-state index contributed by atoms with van der Waals surface area (Å²) in [6, 6.07) is 14.1. The van der Waals surface area contributed by atoms with Crippen molar-refractivity contribution in [1.29, 1.82) is 0 Å². The molecule has 0 spiro atoms. The Bertz CT molecular complexity index is 1360. The van der Waals surface area contributed by atoms with Gasteiger partial charge in [-0.1, -0.05) is 30.3 Å². The molecule has 0 saturated carbocycles. The largest absolute Gasteiger partial charge is 0.507 e. The number of carbonyl (C=O) groups is 2. The summed E-state index contributed by atoms with van der Waals surface area (Å²) in [4.78, 5) is 26.3. The predicted octanol–water partition coefficient (Wildman–Crippen LogP) is 3.47. The molecular formula is C23H20N2O5S. The molecule has 0 amide bonds. The predicted molar refractivity (Wildman–Crippen MR) is 117 cm³/mol. The number of carbonyl (C=O) groups excluding carboxylic acids is 2. The highest BCUT2D eigenvalue weighted by Gasteiger charge is 2.34. The van der Waals surface area contributed by atoms with Crippen molar-refractivity contribution >= 4 is 33.0 Å². The SMILES string of the molecule is Cc1ccc(Nc2ccc(O)c3c2C(=O)c2ccccc2C3=O)cc1S(=O)(=O)N(C)C. The summed E-state index contributed by atoms with van der Waals surface area (Å²) < 4.78 is 26.4. The average Bonchev–Trinajstić information content (AvgIpc) is 2.74. The highest BCUT2D eigenvalue weighted by molar-refractivity contribution is 7.89. The number of nitrogens with zero attached hydrogens (tertiary/aromatic N) is 1. The number of rotatable bonds is 4. The molecule has 2 N–H and O–H groups in total. The minimum Gasteiger partial charge on any atom is -0.507 e. The maximum atomic E-state index is 13.2. The van der Waals surface area contributed by atoms with Gasteiger partial charge in [-0.15, -0.1) is 0 Å². The maximum Gasteiger partial charge on any atom is 0.242 e. The number of hydrogen-bond donors (Lipinski definition) is 2. The van der Waals surface area contributed by atoms with Gasteiger partial charge in [-0.3, -0.25) is 9.59 Å². The van der Waals surface area contributed by atoms with Gasteiger partial charge in [0.1, 0.15) is 5.75 Å². The Labute approximate surface area is 180 Å². The molecule has 7 nitrogen and oxygen atoms in total. The zero-order chi connectivity index (χ0) is 22.5. The summed E-state index contributed by atoms with van der Waals surface area (Å²) in [5.41, 5.74) is 1.79. The van der Waals surface area contributed by atoms with E-state index in [1.807, 2.05) is 0 Å². The lowest BCUT2D eigenvalue weighted by Gasteiger charge is -2.22. The monoisotopic (exact) mass is 436 g/mol. The lowest BCUT2D eigenvalue weighted by Crippen LogP contribution is -2.23. The third-order valence-corrected chi connectivity index (χ3v) is 7.24. The van der Waals surface area contributed by atoms with Gasteiger partial charge in [0.15, 0.2) is 11.6 Å². The van der Waals surface area contributed by atoms with Crippen LogP contribution >= 0.6 is 0 Å². The van der Waals surface area contributed by atoms with Crippen LogP contribution in [0.5, 0.6) is 5.75 Å². The number of aromatic hydroxyl groups is 1. The molecule has 0 atom stereocenters. The maximum absolute atomic E-state index is 13.2. The second-order valence-electron chi connectivity index (χ2n) is 7.48. The fourth-order valence-electron chi connectivity index (χ4n) is 3.62. The first kappa shape index (κ1) is 20.8. The molecule has 0 aliphatic heterocycles. The second-order valence-corrected chi connectivity index (χ2v) is 9.60. The lowest BCUT2D eigenvalue weighted by molar-refractivity contribution is 0.0977. The summed E-state index contributed by atoms with van der Waals surface area (Å²) in [6.07, 6.45) is 0. The van der Waals surface area contributed by atoms with E-state index < -0.39 is 21.6 Å². The first-order valence-corrected chi connectivity index (χ1v) is 10.9. The fourth-order valence-corrected chi connectivity index (χ4v) is 4.76. The van der Waals surface area contributed by atoms with Gasteiger partial charge in [0.05, 0.1) is 21.7 Å². The van der Waals surface area contributed by atoms with Crippen LogP contribution in [0.15, 0.2) is 59.5 Å². The van der Waals surface area contributed by atoms with E-state index in [2.05, 4.69) is 5.32 Å².